The molecule has 0 unspecified atom stereocenters. The monoisotopic (exact) mass is 168 g/mol. The van der Waals surface area contributed by atoms with Crippen LogP contribution in [0, 0.1) is 0 Å². The molecule has 0 aliphatic heterocycles. The Kier molecular flexibility index (Phi) is 2.32. The van der Waals surface area contributed by atoms with Gasteiger partial charge in [0.1, 0.15) is 5.82 Å². The zero-order chi connectivity index (χ0) is 9.14. The van der Waals surface area contributed by atoms with Gasteiger partial charge in [0.25, 0.3) is 5.56 Å². The SMILES string of the molecule is CC(C)Nc1cc(=O)[nH]c(N)n1. The summed E-state index contributed by atoms with van der Waals surface area (Å²) in [5.74, 6) is 0.636. The number of aromatic nitrogens is 2. The molecule has 1 aromatic rings. The van der Waals surface area contributed by atoms with Gasteiger partial charge in [-0.1, -0.05) is 0 Å². The Hall–Kier alpha value is -1.52. The van der Waals surface area contributed by atoms with E-state index in [0.29, 0.717) is 5.82 Å². The molecule has 0 aliphatic carbocycles. The molecule has 5 nitrogen and oxygen atoms in total. The van der Waals surface area contributed by atoms with Gasteiger partial charge in [0.2, 0.25) is 5.95 Å². The van der Waals surface area contributed by atoms with Gasteiger partial charge in [0, 0.05) is 12.1 Å². The fraction of sp³-hybridized carbons (Fsp3) is 0.429. The first-order chi connectivity index (χ1) is 5.58. The highest BCUT2D eigenvalue weighted by atomic mass is 16.1. The molecular formula is C7H12N4O. The highest BCUT2D eigenvalue weighted by Crippen LogP contribution is 2.00. The minimum Gasteiger partial charge on any atom is -0.369 e. The van der Waals surface area contributed by atoms with Crippen LogP contribution in [-0.4, -0.2) is 16.0 Å². The van der Waals surface area contributed by atoms with Gasteiger partial charge in [0.05, 0.1) is 0 Å². The number of hydrogen-bond acceptors (Lipinski definition) is 4. The Morgan fingerprint density at radius 3 is 2.83 bits per heavy atom. The molecule has 0 fully saturated rings. The molecule has 0 atom stereocenters. The van der Waals surface area contributed by atoms with Gasteiger partial charge in [-0.15, -0.1) is 0 Å². The van der Waals surface area contributed by atoms with Crippen LogP contribution >= 0.6 is 0 Å². The summed E-state index contributed by atoms with van der Waals surface area (Å²) in [6.07, 6.45) is 0. The molecule has 0 aromatic carbocycles. The number of nitrogens with zero attached hydrogens (tertiary/aromatic N) is 1. The number of aromatic amines is 1. The van der Waals surface area contributed by atoms with Crippen LogP contribution in [0.1, 0.15) is 13.8 Å². The maximum absolute atomic E-state index is 10.9. The van der Waals surface area contributed by atoms with Crippen LogP contribution in [0.4, 0.5) is 11.8 Å². The Bertz CT molecular complexity index is 317. The van der Waals surface area contributed by atoms with Crippen molar-refractivity contribution in [1.29, 1.82) is 0 Å². The fourth-order valence-electron chi connectivity index (χ4n) is 0.846. The van der Waals surface area contributed by atoms with E-state index in [4.69, 9.17) is 5.73 Å². The third kappa shape index (κ3) is 2.26. The van der Waals surface area contributed by atoms with E-state index in [1.807, 2.05) is 13.8 Å². The number of nitrogens with two attached hydrogens (primary N) is 1. The topological polar surface area (TPSA) is 83.8 Å². The second-order valence-electron chi connectivity index (χ2n) is 2.81. The van der Waals surface area contributed by atoms with Crippen LogP contribution in [0.15, 0.2) is 10.9 Å². The molecule has 0 saturated carbocycles. The Morgan fingerprint density at radius 1 is 1.67 bits per heavy atom. The summed E-state index contributed by atoms with van der Waals surface area (Å²) in [7, 11) is 0. The summed E-state index contributed by atoms with van der Waals surface area (Å²) < 4.78 is 0. The van der Waals surface area contributed by atoms with Gasteiger partial charge < -0.3 is 11.1 Å². The molecule has 1 aromatic heterocycles. The van der Waals surface area contributed by atoms with E-state index < -0.39 is 0 Å². The maximum atomic E-state index is 10.9. The molecule has 1 heterocycles. The van der Waals surface area contributed by atoms with Crippen LogP contribution in [0.25, 0.3) is 0 Å². The van der Waals surface area contributed by atoms with Crippen molar-refractivity contribution in [2.45, 2.75) is 19.9 Å². The minimum atomic E-state index is -0.245. The van der Waals surface area contributed by atoms with Crippen molar-refractivity contribution >= 4 is 11.8 Å². The molecule has 0 bridgehead atoms. The number of nitrogens with one attached hydrogen (secondary N) is 2. The zero-order valence-electron chi connectivity index (χ0n) is 7.09. The van der Waals surface area contributed by atoms with Crippen LogP contribution < -0.4 is 16.6 Å². The van der Waals surface area contributed by atoms with Crippen molar-refractivity contribution in [1.82, 2.24) is 9.97 Å². The number of rotatable bonds is 2. The molecule has 1 rings (SSSR count). The van der Waals surface area contributed by atoms with Crippen molar-refractivity contribution in [3.05, 3.63) is 16.4 Å². The van der Waals surface area contributed by atoms with Gasteiger partial charge in [-0.05, 0) is 13.8 Å². The lowest BCUT2D eigenvalue weighted by atomic mass is 10.4. The zero-order valence-corrected chi connectivity index (χ0v) is 7.09. The normalized spacial score (nSPS) is 10.2. The van der Waals surface area contributed by atoms with E-state index in [0.717, 1.165) is 0 Å². The molecule has 5 heteroatoms. The van der Waals surface area contributed by atoms with Crippen molar-refractivity contribution in [3.8, 4) is 0 Å². The third-order valence-corrected chi connectivity index (χ3v) is 1.20. The highest BCUT2D eigenvalue weighted by Gasteiger charge is 1.98. The largest absolute Gasteiger partial charge is 0.369 e. The van der Waals surface area contributed by atoms with E-state index in [9.17, 15) is 4.79 Å². The molecular weight excluding hydrogens is 156 g/mol. The Balaban J connectivity index is 2.93. The molecule has 0 amide bonds. The fourth-order valence-corrected chi connectivity index (χ4v) is 0.846. The molecule has 0 saturated heterocycles. The number of nitrogen functional groups attached to an aromatic ring is 1. The average Bonchev–Trinajstić information content (AvgIpc) is 1.81. The van der Waals surface area contributed by atoms with Crippen molar-refractivity contribution < 1.29 is 0 Å². The van der Waals surface area contributed by atoms with Crippen LogP contribution in [0.2, 0.25) is 0 Å². The van der Waals surface area contributed by atoms with E-state index in [-0.39, 0.29) is 17.5 Å². The summed E-state index contributed by atoms with van der Waals surface area (Å²) in [5, 5.41) is 2.98. The smallest absolute Gasteiger partial charge is 0.254 e. The highest BCUT2D eigenvalue weighted by molar-refractivity contribution is 5.37. The van der Waals surface area contributed by atoms with E-state index >= 15 is 0 Å². The predicted octanol–water partition coefficient (Wildman–Crippen LogP) is 0.172. The molecule has 4 N–H and O–H groups in total. The molecule has 0 spiro atoms. The van der Waals surface area contributed by atoms with Crippen LogP contribution in [0.3, 0.4) is 0 Å². The quantitative estimate of drug-likeness (QED) is 0.587. The van der Waals surface area contributed by atoms with E-state index in [1.54, 1.807) is 0 Å². The van der Waals surface area contributed by atoms with Crippen molar-refractivity contribution in [2.75, 3.05) is 11.1 Å². The third-order valence-electron chi connectivity index (χ3n) is 1.20. The Morgan fingerprint density at radius 2 is 2.33 bits per heavy atom. The first-order valence-corrected chi connectivity index (χ1v) is 3.71. The lowest BCUT2D eigenvalue weighted by Crippen LogP contribution is -2.16. The predicted molar refractivity (Wildman–Crippen MR) is 48.0 cm³/mol. The molecule has 12 heavy (non-hydrogen) atoms. The molecule has 0 aliphatic rings. The lowest BCUT2D eigenvalue weighted by molar-refractivity contribution is 0.886. The summed E-state index contributed by atoms with van der Waals surface area (Å²) in [4.78, 5) is 17.1. The lowest BCUT2D eigenvalue weighted by Gasteiger charge is -2.07. The summed E-state index contributed by atoms with van der Waals surface area (Å²) in [6.45, 7) is 3.91. The van der Waals surface area contributed by atoms with E-state index in [2.05, 4.69) is 15.3 Å². The van der Waals surface area contributed by atoms with Gasteiger partial charge in [-0.25, -0.2) is 0 Å². The number of hydrogen-bond donors (Lipinski definition) is 3. The summed E-state index contributed by atoms with van der Waals surface area (Å²) in [5.41, 5.74) is 5.08. The Labute approximate surface area is 70.0 Å². The van der Waals surface area contributed by atoms with Crippen LogP contribution in [-0.2, 0) is 0 Å². The number of H-pyrrole nitrogens is 1. The first-order valence-electron chi connectivity index (χ1n) is 3.71. The van der Waals surface area contributed by atoms with E-state index in [1.165, 1.54) is 6.07 Å². The standard InChI is InChI=1S/C7H12N4O/c1-4(2)9-5-3-6(12)11-7(8)10-5/h3-4H,1-2H3,(H4,8,9,10,11,12). The minimum absolute atomic E-state index is 0.130. The molecule has 66 valence electrons. The summed E-state index contributed by atoms with van der Waals surface area (Å²) >= 11 is 0. The first kappa shape index (κ1) is 8.58. The van der Waals surface area contributed by atoms with Crippen LogP contribution in [0.5, 0.6) is 0 Å². The summed E-state index contributed by atoms with van der Waals surface area (Å²) in [6, 6.07) is 1.61. The van der Waals surface area contributed by atoms with Gasteiger partial charge >= 0.3 is 0 Å². The van der Waals surface area contributed by atoms with Gasteiger partial charge in [0.15, 0.2) is 0 Å². The van der Waals surface area contributed by atoms with Gasteiger partial charge in [-0.2, -0.15) is 4.98 Å². The van der Waals surface area contributed by atoms with Gasteiger partial charge in [-0.3, -0.25) is 9.78 Å². The maximum Gasteiger partial charge on any atom is 0.254 e. The van der Waals surface area contributed by atoms with Crippen molar-refractivity contribution in [3.63, 3.8) is 0 Å². The second kappa shape index (κ2) is 3.25. The van der Waals surface area contributed by atoms with Crippen molar-refractivity contribution in [2.24, 2.45) is 0 Å². The molecule has 0 radical (unpaired) electrons. The second-order valence-corrected chi connectivity index (χ2v) is 2.81. The number of anilines is 2. The average molecular weight is 168 g/mol.